The number of phenols is 1. The van der Waals surface area contributed by atoms with Crippen molar-refractivity contribution in [3.63, 3.8) is 0 Å². The van der Waals surface area contributed by atoms with E-state index in [-0.39, 0.29) is 65.0 Å². The molecule has 12 N–H and O–H groups in total. The normalized spacial score (nSPS) is 25.1. The molecule has 0 radical (unpaired) electrons. The summed E-state index contributed by atoms with van der Waals surface area (Å²) in [4.78, 5) is 58.4. The second-order valence-electron chi connectivity index (χ2n) is 14.0. The van der Waals surface area contributed by atoms with Crippen LogP contribution in [0.1, 0.15) is 55.0 Å². The van der Waals surface area contributed by atoms with Crippen LogP contribution in [0.5, 0.6) is 17.2 Å². The van der Waals surface area contributed by atoms with Crippen LogP contribution >= 0.6 is 0 Å². The molecule has 2 amide bonds. The Labute approximate surface area is 325 Å². The Kier molecular flexibility index (Phi) is 11.4. The van der Waals surface area contributed by atoms with Gasteiger partial charge in [-0.3, -0.25) is 29.1 Å². The first-order chi connectivity index (χ1) is 27.1. The Balaban J connectivity index is 1.37. The zero-order valence-corrected chi connectivity index (χ0v) is 31.2. The second-order valence-corrected chi connectivity index (χ2v) is 14.0. The van der Waals surface area contributed by atoms with Crippen LogP contribution in [-0.2, 0) is 27.5 Å². The van der Waals surface area contributed by atoms with Gasteiger partial charge in [-0.1, -0.05) is 6.08 Å². The van der Waals surface area contributed by atoms with Crippen LogP contribution in [0, 0.1) is 12.8 Å². The highest BCUT2D eigenvalue weighted by Gasteiger charge is 2.57. The molecule has 6 unspecified atom stereocenters. The number of rotatable bonds is 12. The Morgan fingerprint density at radius 3 is 2.40 bits per heavy atom. The van der Waals surface area contributed by atoms with Gasteiger partial charge in [0, 0.05) is 73.1 Å². The van der Waals surface area contributed by atoms with Gasteiger partial charge in [-0.15, -0.1) is 0 Å². The molecule has 3 aliphatic heterocycles. The fourth-order valence-electron chi connectivity index (χ4n) is 7.62. The van der Waals surface area contributed by atoms with Crippen molar-refractivity contribution >= 4 is 29.3 Å². The number of ether oxygens (including phenoxy) is 3. The summed E-state index contributed by atoms with van der Waals surface area (Å²) in [7, 11) is 2.69. The Bertz CT molecular complexity index is 2130. The number of aliphatic hydroxyl groups excluding tert-OH is 4. The molecule has 6 rings (SSSR count). The van der Waals surface area contributed by atoms with Crippen molar-refractivity contribution in [1.29, 1.82) is 0 Å². The lowest BCUT2D eigenvalue weighted by molar-refractivity contribution is -0.316. The summed E-state index contributed by atoms with van der Waals surface area (Å²) in [5.41, 5.74) is 9.06. The maximum Gasteiger partial charge on any atom is 0.253 e. The van der Waals surface area contributed by atoms with Gasteiger partial charge >= 0.3 is 0 Å². The number of aryl methyl sites for hydroxylation is 1. The average Bonchev–Trinajstić information content (AvgIpc) is 3.51. The molecule has 0 bridgehead atoms. The molecule has 1 aliphatic carbocycles. The number of imide groups is 1. The number of aromatic hydroxyl groups is 1. The quantitative estimate of drug-likeness (QED) is 0.0530. The van der Waals surface area contributed by atoms with E-state index >= 15 is 0 Å². The number of carbonyl (C=O) groups is 4. The van der Waals surface area contributed by atoms with Crippen LogP contribution in [0.2, 0.25) is 0 Å². The first-order valence-corrected chi connectivity index (χ1v) is 17.8. The number of hydrogen-bond donors (Lipinski definition) is 10. The molecule has 1 saturated heterocycles. The number of amides is 2. The van der Waals surface area contributed by atoms with Crippen LogP contribution in [-0.4, -0.2) is 129 Å². The molecule has 0 saturated carbocycles. The number of dihydropyridines is 1. The number of nitrogens with zero attached hydrogens (tertiary/aromatic N) is 2. The van der Waals surface area contributed by atoms with Crippen LogP contribution < -0.4 is 31.6 Å². The van der Waals surface area contributed by atoms with Crippen molar-refractivity contribution in [2.45, 2.75) is 56.7 Å². The fraction of sp³-hybridized carbons (Fsp3) is 0.395. The number of phenolic OH excluding ortho intramolecular Hbond substituents is 1. The third kappa shape index (κ3) is 7.20. The number of aliphatic hydroxyl groups is 5. The van der Waals surface area contributed by atoms with Gasteiger partial charge in [0.2, 0.25) is 12.1 Å². The van der Waals surface area contributed by atoms with Gasteiger partial charge in [0.05, 0.1) is 37.3 Å². The van der Waals surface area contributed by atoms with Crippen LogP contribution in [0.15, 0.2) is 52.8 Å². The molecule has 0 aromatic heterocycles. The predicted molar refractivity (Wildman–Crippen MR) is 199 cm³/mol. The minimum atomic E-state index is -2.45. The van der Waals surface area contributed by atoms with Crippen molar-refractivity contribution in [1.82, 2.24) is 15.5 Å². The van der Waals surface area contributed by atoms with Crippen molar-refractivity contribution < 1.29 is 64.0 Å². The van der Waals surface area contributed by atoms with Crippen molar-refractivity contribution in [3.05, 3.63) is 86.8 Å². The molecule has 2 aromatic carbocycles. The number of hydrogen-bond acceptors (Lipinski definition) is 16. The number of benzene rings is 2. The Morgan fingerprint density at radius 1 is 1.09 bits per heavy atom. The lowest BCUT2D eigenvalue weighted by Gasteiger charge is -2.49. The van der Waals surface area contributed by atoms with Crippen LogP contribution in [0.3, 0.4) is 0 Å². The first kappa shape index (κ1) is 40.8. The minimum Gasteiger partial charge on any atom is -0.507 e. The molecule has 19 nitrogen and oxygen atoms in total. The summed E-state index contributed by atoms with van der Waals surface area (Å²) in [6.45, 7) is -0.163. The fourth-order valence-corrected chi connectivity index (χ4v) is 7.62. The molecule has 57 heavy (non-hydrogen) atoms. The van der Waals surface area contributed by atoms with Gasteiger partial charge in [-0.05, 0) is 36.6 Å². The van der Waals surface area contributed by atoms with Gasteiger partial charge in [0.1, 0.15) is 41.2 Å². The molecule has 2 aromatic rings. The summed E-state index contributed by atoms with van der Waals surface area (Å²) in [6, 6.07) is 2.56. The minimum absolute atomic E-state index is 0.0467. The van der Waals surface area contributed by atoms with E-state index in [2.05, 4.69) is 15.6 Å². The average molecular weight is 793 g/mol. The maximum atomic E-state index is 14.4. The third-order valence-electron chi connectivity index (χ3n) is 10.7. The molecular formula is C38H44N6O13. The first-order valence-electron chi connectivity index (χ1n) is 17.8. The van der Waals surface area contributed by atoms with E-state index in [1.165, 1.54) is 26.3 Å². The van der Waals surface area contributed by atoms with E-state index in [1.54, 1.807) is 13.0 Å². The zero-order valence-electron chi connectivity index (χ0n) is 31.2. The smallest absolute Gasteiger partial charge is 0.253 e. The monoisotopic (exact) mass is 792 g/mol. The summed E-state index contributed by atoms with van der Waals surface area (Å²) in [6.07, 6.45) is -2.91. The van der Waals surface area contributed by atoms with Gasteiger partial charge in [-0.2, -0.15) is 0 Å². The van der Waals surface area contributed by atoms with E-state index in [1.807, 2.05) is 0 Å². The van der Waals surface area contributed by atoms with Gasteiger partial charge in [-0.25, -0.2) is 0 Å². The largest absolute Gasteiger partial charge is 0.507 e. The van der Waals surface area contributed by atoms with E-state index in [0.717, 1.165) is 23.1 Å². The zero-order chi connectivity index (χ0) is 41.5. The summed E-state index contributed by atoms with van der Waals surface area (Å²) < 4.78 is 17.4. The maximum absolute atomic E-state index is 14.4. The molecule has 19 heteroatoms. The highest BCUT2D eigenvalue weighted by molar-refractivity contribution is 6.31. The number of aliphatic imine (C=N–C) groups is 1. The van der Waals surface area contributed by atoms with Crippen molar-refractivity contribution in [3.8, 4) is 17.2 Å². The highest BCUT2D eigenvalue weighted by Crippen LogP contribution is 2.45. The number of nitrogens with two attached hydrogens (primary N) is 2. The van der Waals surface area contributed by atoms with Crippen molar-refractivity contribution in [2.75, 3.05) is 33.9 Å². The number of nitrogens with one attached hydrogen (secondary N) is 2. The molecule has 1 fully saturated rings. The van der Waals surface area contributed by atoms with E-state index in [9.17, 15) is 49.8 Å². The highest BCUT2D eigenvalue weighted by atomic mass is 16.7. The lowest BCUT2D eigenvalue weighted by atomic mass is 9.75. The number of fused-ring (bicyclic) bond motifs is 2. The molecule has 0 spiro atoms. The standard InChI is InChI=1S/C38H44N6O13/c1-16-8-19-29(32(50)20(16)12-43-37(40)41-2)33(51)30-23(10-22(55-3)21(14-45)28(30)31(19)49)56-36-34(52)35(53)38(54,24(15-46)57-36)11-18(17-6-7-42-25(39)9-17)13-44-26(47)4-5-27(44)48/h4-6,8-10,18,24,34-36,42,45-46,50,52-54H,7,11-15,39H2,1-3H3,(H3,40,41,43). The number of allylic oxidation sites excluding steroid dienone is 1. The summed E-state index contributed by atoms with van der Waals surface area (Å²) in [5, 5.41) is 73.3. The van der Waals surface area contributed by atoms with Gasteiger partial charge in [0.15, 0.2) is 11.7 Å². The number of methoxy groups -OCH3 is 1. The Hall–Kier alpha value is -5.83. The lowest BCUT2D eigenvalue weighted by Crippen LogP contribution is -2.68. The van der Waals surface area contributed by atoms with Crippen LogP contribution in [0.4, 0.5) is 0 Å². The van der Waals surface area contributed by atoms with Gasteiger partial charge in [0.25, 0.3) is 11.8 Å². The van der Waals surface area contributed by atoms with E-state index in [4.69, 9.17) is 25.7 Å². The number of guanidine groups is 1. The van der Waals surface area contributed by atoms with E-state index in [0.29, 0.717) is 11.1 Å². The van der Waals surface area contributed by atoms with Gasteiger partial charge < -0.3 is 67.0 Å². The van der Waals surface area contributed by atoms with Crippen LogP contribution in [0.25, 0.3) is 0 Å². The number of ketones is 2. The molecule has 4 aliphatic rings. The number of carbonyl (C=O) groups excluding carboxylic acids is 4. The Morgan fingerprint density at radius 2 is 1.79 bits per heavy atom. The van der Waals surface area contributed by atoms with E-state index < -0.39 is 96.2 Å². The van der Waals surface area contributed by atoms with Crippen molar-refractivity contribution in [2.24, 2.45) is 22.4 Å². The SMILES string of the molecule is CN=C(N)NCc1c(C)cc2c(c1O)C(=O)c1c(OC3OC(CO)C(O)(CC(CN4C(=O)C=CC4=O)C4=CCNC(N)=C4)C(O)C3O)cc(OC)c(CO)c1C2=O. The molecule has 304 valence electrons. The predicted octanol–water partition coefficient (Wildman–Crippen LogP) is -2.18. The summed E-state index contributed by atoms with van der Waals surface area (Å²) >= 11 is 0. The third-order valence-corrected chi connectivity index (χ3v) is 10.7. The summed E-state index contributed by atoms with van der Waals surface area (Å²) in [5.74, 6) is -4.55. The molecule has 3 heterocycles. The molecule has 6 atom stereocenters. The second kappa shape index (κ2) is 16.0. The topological polar surface area (TPSA) is 309 Å². The molecular weight excluding hydrogens is 748 g/mol.